The third kappa shape index (κ3) is 3.44. The number of hydrogen-bond acceptors (Lipinski definition) is 2. The van der Waals surface area contributed by atoms with Crippen molar-refractivity contribution in [2.45, 2.75) is 11.8 Å². The van der Waals surface area contributed by atoms with Crippen molar-refractivity contribution in [2.24, 2.45) is 0 Å². The second-order valence-electron chi connectivity index (χ2n) is 10.9. The topological polar surface area (TPSA) is 26.0 Å². The summed E-state index contributed by atoms with van der Waals surface area (Å²) in [6, 6.07) is 34.7. The van der Waals surface area contributed by atoms with Crippen molar-refractivity contribution in [3.63, 3.8) is 0 Å². The van der Waals surface area contributed by atoms with Gasteiger partial charge in [-0.2, -0.15) is 0 Å². The van der Waals surface area contributed by atoms with E-state index in [1.807, 2.05) is 12.1 Å². The van der Waals surface area contributed by atoms with E-state index in [0.29, 0.717) is 0 Å². The highest BCUT2D eigenvalue weighted by atomic mass is 31.0. The molecule has 2 atom stereocenters. The standard InChI is InChI=1S/C38H24NOP/c1-2-10-23(11-3-1)25-14-9-17-31-35(25)36-28-13-5-7-19-34(28)41-38(36)29-16-8-15-26(37(29)39-31)24-20-21-33-30(22-24)27-12-4-6-18-32(27)40-33/h1-22,25-26H. The summed E-state index contributed by atoms with van der Waals surface area (Å²) in [6.45, 7) is 0. The molecule has 0 amide bonds. The fourth-order valence-corrected chi connectivity index (χ4v) is 8.12. The van der Waals surface area contributed by atoms with Crippen LogP contribution in [-0.2, 0) is 0 Å². The van der Waals surface area contributed by atoms with E-state index in [-0.39, 0.29) is 11.8 Å². The SMILES string of the molecule is C1=CC(c2ccccc2)c2c3c4ccccc4pc-3c3c(nc2=C1)C(c1ccc2oc4ccccc4c2c1)C=CC=3. The van der Waals surface area contributed by atoms with Crippen LogP contribution in [0.5, 0.6) is 0 Å². The van der Waals surface area contributed by atoms with Gasteiger partial charge in [0.05, 0.1) is 11.0 Å². The first kappa shape index (κ1) is 23.0. The fraction of sp³-hybridized carbons (Fsp3) is 0.0526. The van der Waals surface area contributed by atoms with Gasteiger partial charge in [0.2, 0.25) is 0 Å². The summed E-state index contributed by atoms with van der Waals surface area (Å²) in [6.07, 6.45) is 13.5. The van der Waals surface area contributed by atoms with Crippen molar-refractivity contribution >= 4 is 52.8 Å². The van der Waals surface area contributed by atoms with Gasteiger partial charge in [-0.05, 0) is 52.4 Å². The van der Waals surface area contributed by atoms with Crippen LogP contribution in [0, 0.1) is 0 Å². The van der Waals surface area contributed by atoms with E-state index in [4.69, 9.17) is 9.40 Å². The predicted molar refractivity (Wildman–Crippen MR) is 171 cm³/mol. The maximum atomic E-state index is 6.15. The summed E-state index contributed by atoms with van der Waals surface area (Å²) < 4.78 is 6.15. The molecule has 4 aliphatic rings. The molecule has 0 fully saturated rings. The molecule has 41 heavy (non-hydrogen) atoms. The van der Waals surface area contributed by atoms with Gasteiger partial charge in [-0.1, -0.05) is 111 Å². The number of hydrogen-bond donors (Lipinski definition) is 0. The van der Waals surface area contributed by atoms with E-state index in [1.165, 1.54) is 51.5 Å². The smallest absolute Gasteiger partial charge is 0.135 e. The molecular weight excluding hydrogens is 517 g/mol. The number of para-hydroxylation sites is 1. The summed E-state index contributed by atoms with van der Waals surface area (Å²) in [5.41, 5.74) is 8.15. The van der Waals surface area contributed by atoms with Crippen LogP contribution in [0.1, 0.15) is 34.2 Å². The third-order valence-electron chi connectivity index (χ3n) is 8.61. The average molecular weight is 542 g/mol. The van der Waals surface area contributed by atoms with Crippen molar-refractivity contribution in [3.8, 4) is 10.9 Å². The van der Waals surface area contributed by atoms with Crippen LogP contribution < -0.4 is 10.6 Å². The van der Waals surface area contributed by atoms with Gasteiger partial charge in [-0.3, -0.25) is 4.98 Å². The normalized spacial score (nSPS) is 17.7. The van der Waals surface area contributed by atoms with Crippen molar-refractivity contribution in [1.29, 1.82) is 0 Å². The van der Waals surface area contributed by atoms with E-state index in [0.717, 1.165) is 33.0 Å². The Balaban J connectivity index is 1.36. The molecule has 4 aromatic carbocycles. The van der Waals surface area contributed by atoms with Crippen molar-refractivity contribution in [1.82, 2.24) is 4.98 Å². The molecule has 2 unspecified atom stereocenters. The van der Waals surface area contributed by atoms with Crippen LogP contribution >= 0.6 is 8.19 Å². The van der Waals surface area contributed by atoms with Gasteiger partial charge < -0.3 is 4.42 Å². The first-order valence-electron chi connectivity index (χ1n) is 14.1. The summed E-state index contributed by atoms with van der Waals surface area (Å²) in [7, 11) is 1.24. The number of benzene rings is 4. The highest BCUT2D eigenvalue weighted by Crippen LogP contribution is 2.46. The zero-order valence-corrected chi connectivity index (χ0v) is 23.1. The number of fused-ring (bicyclic) bond motifs is 10. The van der Waals surface area contributed by atoms with E-state index in [9.17, 15) is 0 Å². The molecule has 192 valence electrons. The van der Waals surface area contributed by atoms with Crippen LogP contribution in [-0.4, -0.2) is 4.98 Å². The van der Waals surface area contributed by atoms with Crippen LogP contribution in [0.15, 0.2) is 126 Å². The van der Waals surface area contributed by atoms with Crippen LogP contribution in [0.3, 0.4) is 0 Å². The molecule has 1 aromatic heterocycles. The lowest BCUT2D eigenvalue weighted by Gasteiger charge is -2.18. The maximum Gasteiger partial charge on any atom is 0.135 e. The van der Waals surface area contributed by atoms with Gasteiger partial charge in [0.15, 0.2) is 0 Å². The Bertz CT molecular complexity index is 2330. The van der Waals surface area contributed by atoms with Gasteiger partial charge in [0, 0.05) is 43.8 Å². The largest absolute Gasteiger partial charge is 0.456 e. The quantitative estimate of drug-likeness (QED) is 0.219. The molecule has 9 rings (SSSR count). The van der Waals surface area contributed by atoms with E-state index < -0.39 is 0 Å². The Morgan fingerprint density at radius 2 is 1.39 bits per heavy atom. The lowest BCUT2D eigenvalue weighted by molar-refractivity contribution is 0.668. The Morgan fingerprint density at radius 1 is 0.634 bits per heavy atom. The Kier molecular flexibility index (Phi) is 4.97. The number of rotatable bonds is 2. The third-order valence-corrected chi connectivity index (χ3v) is 9.93. The predicted octanol–water partition coefficient (Wildman–Crippen LogP) is 8.78. The lowest BCUT2D eigenvalue weighted by atomic mass is 9.85. The van der Waals surface area contributed by atoms with Gasteiger partial charge >= 0.3 is 0 Å². The highest BCUT2D eigenvalue weighted by Gasteiger charge is 2.28. The number of furan rings is 1. The number of allylic oxidation sites excluding steroid dienone is 4. The molecule has 0 N–H and O–H groups in total. The fourth-order valence-electron chi connectivity index (χ4n) is 6.75. The molecule has 3 heteroatoms. The molecule has 5 aromatic rings. The van der Waals surface area contributed by atoms with E-state index in [1.54, 1.807) is 0 Å². The van der Waals surface area contributed by atoms with Crippen LogP contribution in [0.25, 0.3) is 55.5 Å². The molecule has 0 saturated heterocycles. The zero-order chi connectivity index (χ0) is 26.9. The van der Waals surface area contributed by atoms with Crippen LogP contribution in [0.4, 0.5) is 0 Å². The monoisotopic (exact) mass is 541 g/mol. The molecule has 2 nitrogen and oxygen atoms in total. The molecule has 2 aliphatic carbocycles. The molecule has 2 aliphatic heterocycles. The molecule has 0 radical (unpaired) electrons. The summed E-state index contributed by atoms with van der Waals surface area (Å²) in [5, 5.41) is 8.68. The highest BCUT2D eigenvalue weighted by molar-refractivity contribution is 7.41. The lowest BCUT2D eigenvalue weighted by Crippen LogP contribution is -2.22. The zero-order valence-electron chi connectivity index (χ0n) is 22.2. The summed E-state index contributed by atoms with van der Waals surface area (Å²) >= 11 is 0. The van der Waals surface area contributed by atoms with Gasteiger partial charge in [0.1, 0.15) is 11.2 Å². The molecule has 0 saturated carbocycles. The molecular formula is C38H24NOP. The van der Waals surface area contributed by atoms with Crippen molar-refractivity contribution < 1.29 is 4.42 Å². The number of nitrogens with zero attached hydrogens (tertiary/aromatic N) is 1. The summed E-state index contributed by atoms with van der Waals surface area (Å²) in [4.78, 5) is 5.54. The van der Waals surface area contributed by atoms with Gasteiger partial charge in [-0.25, -0.2) is 0 Å². The Labute approximate surface area is 238 Å². The second kappa shape index (κ2) is 8.86. The second-order valence-corrected chi connectivity index (χ2v) is 12.0. The van der Waals surface area contributed by atoms with Gasteiger partial charge in [-0.15, -0.1) is 0 Å². The molecule has 0 spiro atoms. The average Bonchev–Trinajstić information content (AvgIpc) is 3.55. The van der Waals surface area contributed by atoms with Crippen molar-refractivity contribution in [2.75, 3.05) is 0 Å². The first-order chi connectivity index (χ1) is 20.3. The van der Waals surface area contributed by atoms with Gasteiger partial charge in [0.25, 0.3) is 0 Å². The minimum absolute atomic E-state index is 0.0436. The first-order valence-corrected chi connectivity index (χ1v) is 15.0. The van der Waals surface area contributed by atoms with E-state index >= 15 is 0 Å². The minimum atomic E-state index is 0.0436. The molecule has 0 bridgehead atoms. The number of aromatic nitrogens is 1. The maximum absolute atomic E-state index is 6.15. The summed E-state index contributed by atoms with van der Waals surface area (Å²) in [5.74, 6) is 0.190. The van der Waals surface area contributed by atoms with Crippen molar-refractivity contribution in [3.05, 3.63) is 154 Å². The van der Waals surface area contributed by atoms with E-state index in [2.05, 4.69) is 121 Å². The Hall–Kier alpha value is -4.78. The minimum Gasteiger partial charge on any atom is -0.456 e. The molecule has 3 heterocycles. The Morgan fingerprint density at radius 3 is 2.32 bits per heavy atom. The van der Waals surface area contributed by atoms with Crippen LogP contribution in [0.2, 0.25) is 0 Å².